The molecule has 7 aromatic rings. The lowest BCUT2D eigenvalue weighted by Crippen LogP contribution is -1.93. The highest BCUT2D eigenvalue weighted by molar-refractivity contribution is 6.25. The van der Waals surface area contributed by atoms with Crippen LogP contribution in [0.25, 0.3) is 70.9 Å². The van der Waals surface area contributed by atoms with E-state index in [4.69, 9.17) is 0 Å². The largest absolute Gasteiger partial charge is 0.0955 e. The molecule has 0 fully saturated rings. The number of hydrogen-bond donors (Lipinski definition) is 0. The molecular formula is C44H34. The summed E-state index contributed by atoms with van der Waals surface area (Å²) in [5.74, 6) is 0. The van der Waals surface area contributed by atoms with E-state index in [1.165, 1.54) is 65.3 Å². The van der Waals surface area contributed by atoms with Crippen molar-refractivity contribution in [1.82, 2.24) is 0 Å². The molecule has 0 aromatic heterocycles. The molecule has 7 aromatic carbocycles. The molecule has 0 heterocycles. The Balaban J connectivity index is 1.56. The van der Waals surface area contributed by atoms with Crippen LogP contribution < -0.4 is 0 Å². The van der Waals surface area contributed by atoms with Gasteiger partial charge >= 0.3 is 0 Å². The predicted octanol–water partition coefficient (Wildman–Crippen LogP) is 12.7. The van der Waals surface area contributed by atoms with Crippen molar-refractivity contribution < 1.29 is 0 Å². The molecule has 0 spiro atoms. The van der Waals surface area contributed by atoms with Gasteiger partial charge < -0.3 is 0 Å². The van der Waals surface area contributed by atoms with Crippen LogP contribution in [0.2, 0.25) is 0 Å². The zero-order valence-corrected chi connectivity index (χ0v) is 25.1. The van der Waals surface area contributed by atoms with E-state index in [9.17, 15) is 0 Å². The number of fused-ring (bicyclic) bond motifs is 4. The summed E-state index contributed by atoms with van der Waals surface area (Å²) in [5, 5.41) is 9.98. The maximum absolute atomic E-state index is 4.48. The Morgan fingerprint density at radius 3 is 1.61 bits per heavy atom. The van der Waals surface area contributed by atoms with E-state index in [0.717, 1.165) is 23.1 Å². The van der Waals surface area contributed by atoms with E-state index in [1.807, 2.05) is 13.0 Å². The third-order valence-electron chi connectivity index (χ3n) is 8.61. The highest BCUT2D eigenvalue weighted by atomic mass is 14.2. The molecule has 0 amide bonds. The number of benzene rings is 7. The van der Waals surface area contributed by atoms with Crippen molar-refractivity contribution in [2.75, 3.05) is 0 Å². The van der Waals surface area contributed by atoms with Gasteiger partial charge in [0.05, 0.1) is 0 Å². The Kier molecular flexibility index (Phi) is 7.26. The van der Waals surface area contributed by atoms with E-state index in [-0.39, 0.29) is 0 Å². The highest BCUT2D eigenvalue weighted by Gasteiger charge is 2.19. The first kappa shape index (κ1) is 27.4. The summed E-state index contributed by atoms with van der Waals surface area (Å²) in [5.41, 5.74) is 8.22. The second-order valence-electron chi connectivity index (χ2n) is 11.4. The van der Waals surface area contributed by atoms with Crippen molar-refractivity contribution in [2.45, 2.75) is 13.3 Å². The van der Waals surface area contributed by atoms with Crippen LogP contribution in [0.4, 0.5) is 0 Å². The standard InChI is InChI=1S/C44H34/c1-4-14-30(2)15-11-16-31(3)34-27-28-41-42(29-34)44(38-26-13-20-33-18-6-8-22-36(33)38)40-24-10-9-23-39(40)43(41)37-25-12-19-32-17-5-7-21-35(32)37/h4-14,16-29H,2-3,15H2,1H3/b14-4-,16-11-. The lowest BCUT2D eigenvalue weighted by Gasteiger charge is -2.20. The van der Waals surface area contributed by atoms with Gasteiger partial charge in [-0.05, 0) is 95.9 Å². The number of hydrogen-bond acceptors (Lipinski definition) is 0. The van der Waals surface area contributed by atoms with Gasteiger partial charge in [-0.2, -0.15) is 0 Å². The number of rotatable bonds is 7. The Morgan fingerprint density at radius 1 is 0.523 bits per heavy atom. The quantitative estimate of drug-likeness (QED) is 0.134. The third kappa shape index (κ3) is 4.85. The first-order valence-corrected chi connectivity index (χ1v) is 15.2. The van der Waals surface area contributed by atoms with Gasteiger partial charge in [0.25, 0.3) is 0 Å². The van der Waals surface area contributed by atoms with Crippen molar-refractivity contribution >= 4 is 48.7 Å². The Labute approximate surface area is 259 Å². The van der Waals surface area contributed by atoms with Gasteiger partial charge in [0.1, 0.15) is 0 Å². The fraction of sp³-hybridized carbons (Fsp3) is 0.0455. The molecule has 0 aliphatic carbocycles. The zero-order valence-electron chi connectivity index (χ0n) is 25.1. The molecule has 0 N–H and O–H groups in total. The van der Waals surface area contributed by atoms with Crippen molar-refractivity contribution in [3.63, 3.8) is 0 Å². The van der Waals surface area contributed by atoms with Gasteiger partial charge in [-0.25, -0.2) is 0 Å². The van der Waals surface area contributed by atoms with Gasteiger partial charge in [0.15, 0.2) is 0 Å². The van der Waals surface area contributed by atoms with Crippen molar-refractivity contribution in [1.29, 1.82) is 0 Å². The van der Waals surface area contributed by atoms with Crippen LogP contribution in [-0.2, 0) is 0 Å². The molecule has 0 bridgehead atoms. The molecule has 0 radical (unpaired) electrons. The summed E-state index contributed by atoms with van der Waals surface area (Å²) in [6.45, 7) is 10.6. The lowest BCUT2D eigenvalue weighted by molar-refractivity contribution is 1.30. The van der Waals surface area contributed by atoms with Crippen LogP contribution in [-0.4, -0.2) is 0 Å². The average Bonchev–Trinajstić information content (AvgIpc) is 3.06. The number of allylic oxidation sites excluding steroid dienone is 6. The normalized spacial score (nSPS) is 11.8. The molecule has 0 aliphatic heterocycles. The first-order valence-electron chi connectivity index (χ1n) is 15.2. The molecule has 0 unspecified atom stereocenters. The van der Waals surface area contributed by atoms with Crippen molar-refractivity contribution in [3.05, 3.63) is 176 Å². The van der Waals surface area contributed by atoms with Crippen LogP contribution in [0.3, 0.4) is 0 Å². The summed E-state index contributed by atoms with van der Waals surface area (Å²) < 4.78 is 0. The SMILES string of the molecule is C=C(/C=C\C)C/C=C\C(=C)c1ccc2c(-c3cccc4ccccc34)c3ccccc3c(-c3cccc4ccccc34)c2c1. The van der Waals surface area contributed by atoms with E-state index >= 15 is 0 Å². The minimum absolute atomic E-state index is 0.800. The smallest absolute Gasteiger partial charge is 0.00199 e. The van der Waals surface area contributed by atoms with Crippen molar-refractivity contribution in [3.8, 4) is 22.3 Å². The fourth-order valence-electron chi connectivity index (χ4n) is 6.60. The molecule has 7 rings (SSSR count). The second-order valence-corrected chi connectivity index (χ2v) is 11.4. The van der Waals surface area contributed by atoms with E-state index in [0.29, 0.717) is 0 Å². The van der Waals surface area contributed by atoms with Crippen LogP contribution in [0, 0.1) is 0 Å². The maximum atomic E-state index is 4.48. The molecule has 0 heteroatoms. The predicted molar refractivity (Wildman–Crippen MR) is 194 cm³/mol. The second kappa shape index (κ2) is 11.7. The summed E-state index contributed by atoms with van der Waals surface area (Å²) in [7, 11) is 0. The lowest BCUT2D eigenvalue weighted by atomic mass is 9.83. The van der Waals surface area contributed by atoms with Crippen LogP contribution in [0.1, 0.15) is 18.9 Å². The Hall–Kier alpha value is -5.46. The van der Waals surface area contributed by atoms with Crippen LogP contribution >= 0.6 is 0 Å². The molecular weight excluding hydrogens is 528 g/mol. The summed E-state index contributed by atoms with van der Waals surface area (Å²) in [6.07, 6.45) is 9.16. The molecule has 210 valence electrons. The highest BCUT2D eigenvalue weighted by Crippen LogP contribution is 2.47. The van der Waals surface area contributed by atoms with Crippen molar-refractivity contribution in [2.24, 2.45) is 0 Å². The average molecular weight is 563 g/mol. The molecule has 0 aliphatic rings. The zero-order chi connectivity index (χ0) is 30.0. The molecule has 0 saturated heterocycles. The first-order chi connectivity index (χ1) is 21.6. The van der Waals surface area contributed by atoms with Gasteiger partial charge in [0.2, 0.25) is 0 Å². The minimum atomic E-state index is 0.800. The molecule has 44 heavy (non-hydrogen) atoms. The van der Waals surface area contributed by atoms with Crippen LogP contribution in [0.5, 0.6) is 0 Å². The topological polar surface area (TPSA) is 0 Å². The molecule has 0 nitrogen and oxygen atoms in total. The third-order valence-corrected chi connectivity index (χ3v) is 8.61. The van der Waals surface area contributed by atoms with Gasteiger partial charge in [-0.3, -0.25) is 0 Å². The van der Waals surface area contributed by atoms with E-state index in [2.05, 4.69) is 159 Å². The summed E-state index contributed by atoms with van der Waals surface area (Å²) >= 11 is 0. The summed E-state index contributed by atoms with van der Waals surface area (Å²) in [6, 6.07) is 46.5. The van der Waals surface area contributed by atoms with E-state index in [1.54, 1.807) is 0 Å². The van der Waals surface area contributed by atoms with Crippen LogP contribution in [0.15, 0.2) is 170 Å². The minimum Gasteiger partial charge on any atom is -0.0955 e. The van der Waals surface area contributed by atoms with Gasteiger partial charge in [0, 0.05) is 0 Å². The molecule has 0 atom stereocenters. The summed E-state index contributed by atoms with van der Waals surface area (Å²) in [4.78, 5) is 0. The molecule has 0 saturated carbocycles. The van der Waals surface area contributed by atoms with Gasteiger partial charge in [-0.1, -0.05) is 164 Å². The fourth-order valence-corrected chi connectivity index (χ4v) is 6.60. The monoisotopic (exact) mass is 562 g/mol. The Bertz CT molecular complexity index is 2280. The van der Waals surface area contributed by atoms with E-state index < -0.39 is 0 Å². The maximum Gasteiger partial charge on any atom is -0.00199 e. The Morgan fingerprint density at radius 2 is 1.02 bits per heavy atom. The van der Waals surface area contributed by atoms with Gasteiger partial charge in [-0.15, -0.1) is 0 Å².